The Morgan fingerprint density at radius 1 is 0.729 bits per heavy atom. The molecule has 2 atom stereocenters. The number of nitrogens with zero attached hydrogens (tertiary/aromatic N) is 3. The molecule has 13 heteroatoms. The molecular weight excluding hydrogens is 1010 g/mol. The summed E-state index contributed by atoms with van der Waals surface area (Å²) in [4.78, 5) is 10.4. The molecule has 4 heterocycles. The Kier molecular flexibility index (Phi) is 18.6. The summed E-state index contributed by atoms with van der Waals surface area (Å²) in [6, 6.07) is 34.9. The number of anilines is 1. The third-order valence-electron chi connectivity index (χ3n) is 9.73. The number of ether oxygens (including phenoxy) is 2. The van der Waals surface area contributed by atoms with Gasteiger partial charge in [-0.3, -0.25) is 0 Å². The zero-order valence-electron chi connectivity index (χ0n) is 34.1. The fourth-order valence-electron chi connectivity index (χ4n) is 6.77. The minimum atomic E-state index is -0.469. The number of β-amino-alcohol motifs (C(OH)–C–C–N with tert-alkyl or cyclic N) is 2. The van der Waals surface area contributed by atoms with Gasteiger partial charge in [-0.25, -0.2) is 9.97 Å². The number of nitrogens with one attached hydrogen (secondary N) is 1. The van der Waals surface area contributed by atoms with Gasteiger partial charge in [0.15, 0.2) is 0 Å². The van der Waals surface area contributed by atoms with E-state index in [9.17, 15) is 9.50 Å². The summed E-state index contributed by atoms with van der Waals surface area (Å²) in [5, 5.41) is 22.8. The molecule has 8 nitrogen and oxygen atoms in total. The van der Waals surface area contributed by atoms with Gasteiger partial charge in [0.25, 0.3) is 0 Å². The van der Waals surface area contributed by atoms with Crippen molar-refractivity contribution in [3.8, 4) is 33.8 Å². The number of aromatic nitrogens is 2. The predicted molar refractivity (Wildman–Crippen MR) is 234 cm³/mol. The van der Waals surface area contributed by atoms with Crippen LogP contribution in [-0.2, 0) is 12.8 Å². The van der Waals surface area contributed by atoms with Gasteiger partial charge in [-0.1, -0.05) is 71.7 Å². The van der Waals surface area contributed by atoms with Crippen LogP contribution >= 0.6 is 23.2 Å². The van der Waals surface area contributed by atoms with Crippen LogP contribution in [0.5, 0.6) is 11.5 Å². The van der Waals surface area contributed by atoms with Crippen LogP contribution in [0.4, 0.5) is 10.2 Å². The van der Waals surface area contributed by atoms with Crippen molar-refractivity contribution >= 4 is 37.4 Å². The minimum Gasteiger partial charge on any atom is -0.496 e. The second-order valence-electron chi connectivity index (χ2n) is 14.0. The van der Waals surface area contributed by atoms with Gasteiger partial charge in [-0.2, -0.15) is 4.39 Å². The van der Waals surface area contributed by atoms with Gasteiger partial charge in [0.2, 0.25) is 5.95 Å². The van der Waals surface area contributed by atoms with E-state index in [1.165, 1.54) is 11.6 Å². The molecule has 8 rings (SSSR count). The van der Waals surface area contributed by atoms with Gasteiger partial charge in [0.1, 0.15) is 17.3 Å². The number of pyridine rings is 2. The standard InChI is InChI=1S/C23H23ClN2O2.C19H15ClFNO.C4H9NO.BH.U/c1-28-22-7-5-16(12-21(22)18-3-2-4-19(24)13-18)11-17-6-8-23(25-14-17)26-10-9-20(27)15-26;1-23-18-7-5-13(9-14-6-8-19(21)22-12-14)10-17(18)15-3-2-4-16(20)11-15;6-4-1-2-5-3-4;;/h2-8,12-14,20,27H,9-11,15H2,1H3;2-8,10-12H,9H2,1H3;4-6H,1-3H2;1H;/i;;;1D;. The van der Waals surface area contributed by atoms with Gasteiger partial charge < -0.3 is 29.9 Å². The molecule has 0 spiro atoms. The first-order valence-corrected chi connectivity index (χ1v) is 19.7. The number of benzene rings is 4. The summed E-state index contributed by atoms with van der Waals surface area (Å²) in [6.45, 7) is 3.30. The first kappa shape index (κ1) is 46.2. The molecule has 4 aromatic carbocycles. The van der Waals surface area contributed by atoms with Crippen molar-refractivity contribution in [1.82, 2.24) is 15.3 Å². The van der Waals surface area contributed by atoms with Crippen molar-refractivity contribution in [2.45, 2.75) is 37.9 Å². The molecule has 3 N–H and O–H groups in total. The fraction of sp³-hybridized carbons (Fsp3) is 0.261. The number of aliphatic hydroxyl groups excluding tert-OH is 2. The molecule has 2 fully saturated rings. The Hall–Kier alpha value is -3.91. The quantitative estimate of drug-likeness (QED) is 0.0982. The maximum atomic E-state index is 12.9. The molecule has 2 aliphatic heterocycles. The van der Waals surface area contributed by atoms with Gasteiger partial charge in [0, 0.05) is 92.7 Å². The summed E-state index contributed by atoms with van der Waals surface area (Å²) in [6.07, 6.45) is 6.36. The largest absolute Gasteiger partial charge is 0.496 e. The summed E-state index contributed by atoms with van der Waals surface area (Å²) in [7, 11) is 7.08. The molecule has 59 heavy (non-hydrogen) atoms. The summed E-state index contributed by atoms with van der Waals surface area (Å²) >= 11 is 12.3. The molecule has 2 saturated heterocycles. The average molecular weight is 1060 g/mol. The second-order valence-corrected chi connectivity index (χ2v) is 14.9. The van der Waals surface area contributed by atoms with E-state index >= 15 is 0 Å². The van der Waals surface area contributed by atoms with Crippen LogP contribution in [0.15, 0.2) is 122 Å². The molecule has 0 amide bonds. The van der Waals surface area contributed by atoms with Gasteiger partial charge in [-0.05, 0) is 128 Å². The van der Waals surface area contributed by atoms with Crippen molar-refractivity contribution in [2.75, 3.05) is 45.3 Å². The molecule has 0 aliphatic carbocycles. The topological polar surface area (TPSA) is 100.0 Å². The van der Waals surface area contributed by atoms with Gasteiger partial charge in [0.05, 0.1) is 26.4 Å². The monoisotopic (exact) mass is 1060 g/mol. The molecule has 2 aromatic heterocycles. The van der Waals surface area contributed by atoms with Crippen LogP contribution in [0.25, 0.3) is 22.3 Å². The molecule has 2 radical (unpaired) electrons. The first-order chi connectivity index (χ1) is 28.7. The third-order valence-corrected chi connectivity index (χ3v) is 10.2. The van der Waals surface area contributed by atoms with Crippen molar-refractivity contribution < 1.29 is 55.2 Å². The molecule has 0 saturated carbocycles. The fourth-order valence-corrected chi connectivity index (χ4v) is 7.15. The van der Waals surface area contributed by atoms with E-state index in [4.69, 9.17) is 39.1 Å². The number of halogens is 3. The molecule has 6 aromatic rings. The van der Waals surface area contributed by atoms with Crippen LogP contribution < -0.4 is 19.7 Å². The maximum absolute atomic E-state index is 12.9. The van der Waals surface area contributed by atoms with E-state index in [2.05, 4.69) is 52.8 Å². The Bertz CT molecular complexity index is 2220. The van der Waals surface area contributed by atoms with E-state index in [0.29, 0.717) is 23.0 Å². The van der Waals surface area contributed by atoms with E-state index < -0.39 is 5.95 Å². The zero-order valence-corrected chi connectivity index (χ0v) is 38.8. The third kappa shape index (κ3) is 14.1. The number of hydrogen-bond donors (Lipinski definition) is 3. The number of methoxy groups -OCH3 is 2. The summed E-state index contributed by atoms with van der Waals surface area (Å²) in [5.74, 6) is 2.07. The van der Waals surface area contributed by atoms with E-state index in [1.807, 2.05) is 79.0 Å². The van der Waals surface area contributed by atoms with Crippen molar-refractivity contribution in [2.24, 2.45) is 0 Å². The summed E-state index contributed by atoms with van der Waals surface area (Å²) < 4.78 is 29.2. The van der Waals surface area contributed by atoms with Crippen LogP contribution in [0.2, 0.25) is 10.0 Å². The number of aliphatic hydroxyl groups is 2. The maximum Gasteiger partial charge on any atom is 0.212 e. The number of rotatable bonds is 9. The van der Waals surface area contributed by atoms with E-state index in [0.717, 1.165) is 95.2 Å². The summed E-state index contributed by atoms with van der Waals surface area (Å²) in [5.41, 5.74) is 8.40. The van der Waals surface area contributed by atoms with Crippen LogP contribution in [-0.4, -0.2) is 82.5 Å². The van der Waals surface area contributed by atoms with E-state index in [1.54, 1.807) is 26.5 Å². The zero-order chi connectivity index (χ0) is 42.1. The Morgan fingerprint density at radius 2 is 1.27 bits per heavy atom. The second kappa shape index (κ2) is 23.8. The number of hydrogen-bond acceptors (Lipinski definition) is 8. The average Bonchev–Trinajstić information content (AvgIpc) is 3.93. The minimum absolute atomic E-state index is 0. The molecule has 2 aliphatic rings. The van der Waals surface area contributed by atoms with Crippen molar-refractivity contribution in [1.29, 1.82) is 1.34 Å². The van der Waals surface area contributed by atoms with E-state index in [-0.39, 0.29) is 43.3 Å². The Balaban J connectivity index is 0.000000223. The smallest absolute Gasteiger partial charge is 0.212 e. The van der Waals surface area contributed by atoms with Gasteiger partial charge >= 0.3 is 0 Å². The molecule has 2 unspecified atom stereocenters. The van der Waals surface area contributed by atoms with Crippen LogP contribution in [0, 0.1) is 37.1 Å². The molecule has 304 valence electrons. The van der Waals surface area contributed by atoms with Crippen LogP contribution in [0.1, 0.15) is 35.1 Å². The normalized spacial score (nSPS) is 15.5. The molecule has 0 bridgehead atoms. The van der Waals surface area contributed by atoms with Crippen molar-refractivity contribution in [3.63, 3.8) is 0 Å². The Labute approximate surface area is 383 Å². The van der Waals surface area contributed by atoms with Gasteiger partial charge in [-0.15, -0.1) is 0 Å². The Morgan fingerprint density at radius 3 is 1.66 bits per heavy atom. The predicted octanol–water partition coefficient (Wildman–Crippen LogP) is 8.41. The van der Waals surface area contributed by atoms with Crippen molar-refractivity contribution in [3.05, 3.63) is 160 Å². The van der Waals surface area contributed by atoms with Crippen LogP contribution in [0.3, 0.4) is 0 Å². The first-order valence-electron chi connectivity index (χ1n) is 19.5. The SMILES string of the molecule is COc1ccc(Cc2ccc(F)nc2)cc1-c1cccc(Cl)c1.COc1ccc(Cc2ccc(N3CCC(O)C3)nc2)cc1-c1cccc(Cl)c1.OC1CCNC1.[2H][B].[U]. The molecular formula is C46H48BCl2FN4O4U.